The highest BCUT2D eigenvalue weighted by Crippen LogP contribution is 2.33. The first-order chi connectivity index (χ1) is 8.07. The first-order valence-corrected chi connectivity index (χ1v) is 6.80. The van der Waals surface area contributed by atoms with E-state index in [2.05, 4.69) is 70.4 Å². The van der Waals surface area contributed by atoms with Gasteiger partial charge in [-0.25, -0.2) is 0 Å². The van der Waals surface area contributed by atoms with Gasteiger partial charge in [-0.1, -0.05) is 70.9 Å². The second-order valence-electron chi connectivity index (χ2n) is 5.43. The van der Waals surface area contributed by atoms with Gasteiger partial charge in [0.25, 0.3) is 0 Å². The van der Waals surface area contributed by atoms with Crippen molar-refractivity contribution in [3.8, 4) is 0 Å². The lowest BCUT2D eigenvalue weighted by Crippen LogP contribution is -2.48. The fourth-order valence-corrected chi connectivity index (χ4v) is 2.99. The summed E-state index contributed by atoms with van der Waals surface area (Å²) in [5.41, 5.74) is 1.60. The topological polar surface area (TPSA) is 12.0 Å². The average Bonchev–Trinajstić information content (AvgIpc) is 2.36. The van der Waals surface area contributed by atoms with Crippen molar-refractivity contribution in [2.45, 2.75) is 52.0 Å². The van der Waals surface area contributed by atoms with E-state index < -0.39 is 0 Å². The predicted molar refractivity (Wildman–Crippen MR) is 76.4 cm³/mol. The Morgan fingerprint density at radius 3 is 2.00 bits per heavy atom. The lowest BCUT2D eigenvalue weighted by atomic mass is 9.71. The molecule has 0 spiro atoms. The first kappa shape index (κ1) is 14.2. The lowest BCUT2D eigenvalue weighted by Gasteiger charge is -2.39. The van der Waals surface area contributed by atoms with Crippen molar-refractivity contribution in [3.63, 3.8) is 0 Å². The number of nitrogens with one attached hydrogen (secondary N) is 1. The molecule has 96 valence electrons. The van der Waals surface area contributed by atoms with Crippen molar-refractivity contribution in [2.75, 3.05) is 7.05 Å². The molecule has 1 aromatic rings. The maximum absolute atomic E-state index is 3.54. The van der Waals surface area contributed by atoms with Gasteiger partial charge in [0, 0.05) is 11.5 Å². The zero-order valence-electron chi connectivity index (χ0n) is 12.0. The minimum absolute atomic E-state index is 0.173. The lowest BCUT2D eigenvalue weighted by molar-refractivity contribution is 0.244. The van der Waals surface area contributed by atoms with Crippen LogP contribution in [0.1, 0.15) is 46.1 Å². The van der Waals surface area contributed by atoms with Gasteiger partial charge in [-0.3, -0.25) is 0 Å². The summed E-state index contributed by atoms with van der Waals surface area (Å²) in [4.78, 5) is 0. The monoisotopic (exact) mass is 233 g/mol. The van der Waals surface area contributed by atoms with Gasteiger partial charge in [-0.2, -0.15) is 0 Å². The summed E-state index contributed by atoms with van der Waals surface area (Å²) in [5, 5.41) is 3.54. The van der Waals surface area contributed by atoms with Crippen LogP contribution in [0, 0.1) is 5.92 Å². The van der Waals surface area contributed by atoms with Crippen molar-refractivity contribution in [1.82, 2.24) is 5.32 Å². The highest BCUT2D eigenvalue weighted by atomic mass is 14.9. The third-order valence-corrected chi connectivity index (χ3v) is 4.13. The van der Waals surface area contributed by atoms with E-state index in [9.17, 15) is 0 Å². The number of likely N-dealkylation sites (N-methyl/N-ethyl adjacent to an activating group) is 1. The quantitative estimate of drug-likeness (QED) is 0.783. The van der Waals surface area contributed by atoms with Crippen LogP contribution in [0.2, 0.25) is 0 Å². The van der Waals surface area contributed by atoms with Crippen LogP contribution in [0.25, 0.3) is 0 Å². The molecule has 1 nitrogen and oxygen atoms in total. The molecule has 0 aliphatic carbocycles. The molecule has 0 saturated carbocycles. The minimum atomic E-state index is 0.173. The Morgan fingerprint density at radius 1 is 1.06 bits per heavy atom. The van der Waals surface area contributed by atoms with Gasteiger partial charge in [-0.05, 0) is 18.5 Å². The number of rotatable bonds is 6. The Balaban J connectivity index is 3.01. The van der Waals surface area contributed by atoms with Crippen LogP contribution >= 0.6 is 0 Å². The van der Waals surface area contributed by atoms with Gasteiger partial charge in [0.1, 0.15) is 0 Å². The van der Waals surface area contributed by atoms with Crippen LogP contribution in [0.5, 0.6) is 0 Å². The molecular weight excluding hydrogens is 206 g/mol. The maximum atomic E-state index is 3.54. The van der Waals surface area contributed by atoms with Gasteiger partial charge >= 0.3 is 0 Å². The summed E-state index contributed by atoms with van der Waals surface area (Å²) < 4.78 is 0. The minimum Gasteiger partial charge on any atom is -0.316 e. The van der Waals surface area contributed by atoms with E-state index in [1.54, 1.807) is 0 Å². The summed E-state index contributed by atoms with van der Waals surface area (Å²) in [6, 6.07) is 11.4. The Labute approximate surface area is 107 Å². The Morgan fingerprint density at radius 2 is 1.59 bits per heavy atom. The standard InChI is InChI=1S/C16H27N/c1-6-13(7-2)15(17-5)16(3,4)14-11-9-8-10-12-14/h8-13,15,17H,6-7H2,1-5H3. The fourth-order valence-electron chi connectivity index (χ4n) is 2.99. The molecule has 0 aliphatic heterocycles. The molecule has 0 amide bonds. The molecule has 0 saturated heterocycles. The highest BCUT2D eigenvalue weighted by molar-refractivity contribution is 5.26. The van der Waals surface area contributed by atoms with Crippen LogP contribution in [0.4, 0.5) is 0 Å². The summed E-state index contributed by atoms with van der Waals surface area (Å²) in [6.45, 7) is 9.28. The van der Waals surface area contributed by atoms with E-state index in [1.165, 1.54) is 18.4 Å². The predicted octanol–water partition coefficient (Wildman–Crippen LogP) is 3.99. The van der Waals surface area contributed by atoms with Gasteiger partial charge < -0.3 is 5.32 Å². The summed E-state index contributed by atoms with van der Waals surface area (Å²) in [5.74, 6) is 0.732. The molecule has 0 aliphatic rings. The number of hydrogen-bond donors (Lipinski definition) is 1. The molecule has 1 N–H and O–H groups in total. The zero-order valence-corrected chi connectivity index (χ0v) is 12.0. The van der Waals surface area contributed by atoms with Crippen molar-refractivity contribution in [2.24, 2.45) is 5.92 Å². The van der Waals surface area contributed by atoms with Crippen LogP contribution < -0.4 is 5.32 Å². The molecule has 0 radical (unpaired) electrons. The third-order valence-electron chi connectivity index (χ3n) is 4.13. The molecule has 17 heavy (non-hydrogen) atoms. The van der Waals surface area contributed by atoms with Crippen molar-refractivity contribution in [3.05, 3.63) is 35.9 Å². The van der Waals surface area contributed by atoms with E-state index in [4.69, 9.17) is 0 Å². The highest BCUT2D eigenvalue weighted by Gasteiger charge is 2.34. The summed E-state index contributed by atoms with van der Waals surface area (Å²) >= 11 is 0. The van der Waals surface area contributed by atoms with Crippen LogP contribution in [-0.2, 0) is 5.41 Å². The van der Waals surface area contributed by atoms with E-state index in [0.717, 1.165) is 5.92 Å². The largest absolute Gasteiger partial charge is 0.316 e. The fraction of sp³-hybridized carbons (Fsp3) is 0.625. The van der Waals surface area contributed by atoms with Crippen molar-refractivity contribution in [1.29, 1.82) is 0 Å². The van der Waals surface area contributed by atoms with Crippen molar-refractivity contribution >= 4 is 0 Å². The molecule has 1 atom stereocenters. The van der Waals surface area contributed by atoms with Gasteiger partial charge in [-0.15, -0.1) is 0 Å². The Hall–Kier alpha value is -0.820. The second kappa shape index (κ2) is 6.20. The van der Waals surface area contributed by atoms with E-state index in [1.807, 2.05) is 0 Å². The second-order valence-corrected chi connectivity index (χ2v) is 5.43. The van der Waals surface area contributed by atoms with Gasteiger partial charge in [0.15, 0.2) is 0 Å². The normalized spacial score (nSPS) is 14.0. The number of hydrogen-bond acceptors (Lipinski definition) is 1. The maximum Gasteiger partial charge on any atom is 0.0184 e. The molecule has 1 rings (SSSR count). The van der Waals surface area contributed by atoms with E-state index in [-0.39, 0.29) is 5.41 Å². The molecular formula is C16H27N. The van der Waals surface area contributed by atoms with Crippen LogP contribution in [0.15, 0.2) is 30.3 Å². The van der Waals surface area contributed by atoms with Gasteiger partial charge in [0.2, 0.25) is 0 Å². The Bertz CT molecular complexity index is 312. The molecule has 0 bridgehead atoms. The molecule has 1 heteroatoms. The first-order valence-electron chi connectivity index (χ1n) is 6.80. The molecule has 0 aromatic heterocycles. The Kier molecular flexibility index (Phi) is 5.20. The summed E-state index contributed by atoms with van der Waals surface area (Å²) in [6.07, 6.45) is 2.47. The van der Waals surface area contributed by atoms with Crippen molar-refractivity contribution < 1.29 is 0 Å². The molecule has 1 unspecified atom stereocenters. The van der Waals surface area contributed by atoms with Crippen LogP contribution in [0.3, 0.4) is 0 Å². The third kappa shape index (κ3) is 3.10. The smallest absolute Gasteiger partial charge is 0.0184 e. The molecule has 1 aromatic carbocycles. The average molecular weight is 233 g/mol. The van der Waals surface area contributed by atoms with E-state index in [0.29, 0.717) is 6.04 Å². The SMILES string of the molecule is CCC(CC)C(NC)C(C)(C)c1ccccc1. The summed E-state index contributed by atoms with van der Waals surface area (Å²) in [7, 11) is 2.09. The number of benzene rings is 1. The molecule has 0 fully saturated rings. The van der Waals surface area contributed by atoms with Gasteiger partial charge in [0.05, 0.1) is 0 Å². The zero-order chi connectivity index (χ0) is 12.9. The van der Waals surface area contributed by atoms with E-state index >= 15 is 0 Å². The molecule has 0 heterocycles. The van der Waals surface area contributed by atoms with Crippen LogP contribution in [-0.4, -0.2) is 13.1 Å².